The fraction of sp³-hybridized carbons (Fsp3) is 0.188. The van der Waals surface area contributed by atoms with Crippen LogP contribution in [0.4, 0.5) is 0 Å². The first-order chi connectivity index (χ1) is 18.0. The lowest BCUT2D eigenvalue weighted by atomic mass is 10.0. The highest BCUT2D eigenvalue weighted by molar-refractivity contribution is 5.94. The number of carboxylic acid groups (broad SMARTS) is 1. The molecule has 37 heavy (non-hydrogen) atoms. The Bertz CT molecular complexity index is 1300. The number of carbonyl (C=O) groups excluding carboxylic acids is 1. The SMILES string of the molecule is COc1ccc(C(=O)N(CCCCc2ccccc2)Cc2ccc(-c3ccc(C(=O)O)cc3)cc2)cc1. The van der Waals surface area contributed by atoms with Crippen molar-refractivity contribution >= 4 is 11.9 Å². The summed E-state index contributed by atoms with van der Waals surface area (Å²) in [7, 11) is 1.61. The van der Waals surface area contributed by atoms with Crippen LogP contribution in [0.25, 0.3) is 11.1 Å². The average Bonchev–Trinajstić information content (AvgIpc) is 2.95. The minimum atomic E-state index is -0.938. The summed E-state index contributed by atoms with van der Waals surface area (Å²) in [6, 6.07) is 32.5. The van der Waals surface area contributed by atoms with Crippen molar-refractivity contribution in [2.24, 2.45) is 0 Å². The van der Waals surface area contributed by atoms with Crippen molar-refractivity contribution in [3.8, 4) is 16.9 Å². The fourth-order valence-electron chi connectivity index (χ4n) is 4.27. The standard InChI is InChI=1S/C32H31NO4/c1-37-30-20-18-28(19-21-30)31(34)33(22-6-5-9-24-7-3-2-4-8-24)23-25-10-12-26(13-11-25)27-14-16-29(17-15-27)32(35)36/h2-4,7-8,10-21H,5-6,9,22-23H2,1H3,(H,35,36). The Balaban J connectivity index is 1.45. The topological polar surface area (TPSA) is 66.8 Å². The van der Waals surface area contributed by atoms with Gasteiger partial charge in [0.25, 0.3) is 5.91 Å². The molecule has 5 heteroatoms. The second-order valence-electron chi connectivity index (χ2n) is 8.98. The van der Waals surface area contributed by atoms with Gasteiger partial charge in [0.1, 0.15) is 5.75 Å². The van der Waals surface area contributed by atoms with E-state index in [1.165, 1.54) is 5.56 Å². The Morgan fingerprint density at radius 2 is 1.30 bits per heavy atom. The number of carbonyl (C=O) groups is 2. The molecule has 4 aromatic rings. The van der Waals surface area contributed by atoms with Crippen molar-refractivity contribution < 1.29 is 19.4 Å². The molecule has 0 aliphatic heterocycles. The molecule has 4 aromatic carbocycles. The largest absolute Gasteiger partial charge is 0.497 e. The molecule has 0 aliphatic rings. The van der Waals surface area contributed by atoms with Gasteiger partial charge in [-0.25, -0.2) is 4.79 Å². The molecule has 0 saturated heterocycles. The van der Waals surface area contributed by atoms with Crippen molar-refractivity contribution in [2.75, 3.05) is 13.7 Å². The molecule has 1 N–H and O–H groups in total. The quantitative estimate of drug-likeness (QED) is 0.235. The molecule has 0 saturated carbocycles. The number of benzene rings is 4. The number of methoxy groups -OCH3 is 1. The smallest absolute Gasteiger partial charge is 0.335 e. The van der Waals surface area contributed by atoms with Crippen LogP contribution in [0.5, 0.6) is 5.75 Å². The normalized spacial score (nSPS) is 10.6. The van der Waals surface area contributed by atoms with Gasteiger partial charge < -0.3 is 14.7 Å². The molecule has 0 heterocycles. The van der Waals surface area contributed by atoms with Crippen LogP contribution in [0.1, 0.15) is 44.7 Å². The summed E-state index contributed by atoms with van der Waals surface area (Å²) in [5, 5.41) is 9.12. The van der Waals surface area contributed by atoms with Crippen LogP contribution in [0.15, 0.2) is 103 Å². The number of hydrogen-bond acceptors (Lipinski definition) is 3. The number of hydrogen-bond donors (Lipinski definition) is 1. The molecular formula is C32H31NO4. The van der Waals surface area contributed by atoms with Gasteiger partial charge in [-0.15, -0.1) is 0 Å². The molecule has 0 unspecified atom stereocenters. The van der Waals surface area contributed by atoms with Crippen LogP contribution in [0.2, 0.25) is 0 Å². The van der Waals surface area contributed by atoms with E-state index in [0.29, 0.717) is 18.7 Å². The van der Waals surface area contributed by atoms with Crippen LogP contribution in [0, 0.1) is 0 Å². The first-order valence-electron chi connectivity index (χ1n) is 12.4. The van der Waals surface area contributed by atoms with E-state index in [2.05, 4.69) is 24.3 Å². The van der Waals surface area contributed by atoms with Gasteiger partial charge in [0.15, 0.2) is 0 Å². The summed E-state index contributed by atoms with van der Waals surface area (Å²) in [4.78, 5) is 26.4. The van der Waals surface area contributed by atoms with Gasteiger partial charge in [-0.2, -0.15) is 0 Å². The zero-order valence-electron chi connectivity index (χ0n) is 21.0. The molecular weight excluding hydrogens is 462 g/mol. The van der Waals surface area contributed by atoms with Gasteiger partial charge >= 0.3 is 5.97 Å². The zero-order chi connectivity index (χ0) is 26.0. The van der Waals surface area contributed by atoms with E-state index in [4.69, 9.17) is 9.84 Å². The lowest BCUT2D eigenvalue weighted by Gasteiger charge is -2.23. The van der Waals surface area contributed by atoms with Gasteiger partial charge in [-0.3, -0.25) is 4.79 Å². The van der Waals surface area contributed by atoms with Crippen molar-refractivity contribution in [2.45, 2.75) is 25.8 Å². The molecule has 1 amide bonds. The Hall–Kier alpha value is -4.38. The molecule has 4 rings (SSSR count). The van der Waals surface area contributed by atoms with Crippen LogP contribution in [-0.4, -0.2) is 35.5 Å². The van der Waals surface area contributed by atoms with Gasteiger partial charge in [-0.05, 0) is 77.9 Å². The molecule has 0 fully saturated rings. The molecule has 0 radical (unpaired) electrons. The van der Waals surface area contributed by atoms with Crippen molar-refractivity contribution in [3.63, 3.8) is 0 Å². The second-order valence-corrected chi connectivity index (χ2v) is 8.98. The van der Waals surface area contributed by atoms with Gasteiger partial charge in [-0.1, -0.05) is 66.7 Å². The third-order valence-electron chi connectivity index (χ3n) is 6.40. The van der Waals surface area contributed by atoms with Gasteiger partial charge in [0.2, 0.25) is 0 Å². The van der Waals surface area contributed by atoms with E-state index in [1.54, 1.807) is 19.2 Å². The monoisotopic (exact) mass is 493 g/mol. The van der Waals surface area contributed by atoms with E-state index in [-0.39, 0.29) is 11.5 Å². The van der Waals surface area contributed by atoms with Crippen molar-refractivity contribution in [1.82, 2.24) is 4.90 Å². The predicted octanol–water partition coefficient (Wildman–Crippen LogP) is 6.73. The summed E-state index contributed by atoms with van der Waals surface area (Å²) in [5.74, 6) is -0.221. The third kappa shape index (κ3) is 7.07. The number of unbranched alkanes of at least 4 members (excludes halogenated alkanes) is 1. The molecule has 0 bridgehead atoms. The maximum Gasteiger partial charge on any atom is 0.335 e. The maximum absolute atomic E-state index is 13.4. The van der Waals surface area contributed by atoms with Crippen LogP contribution < -0.4 is 4.74 Å². The number of amides is 1. The molecule has 188 valence electrons. The number of nitrogens with zero attached hydrogens (tertiary/aromatic N) is 1. The average molecular weight is 494 g/mol. The maximum atomic E-state index is 13.4. The highest BCUT2D eigenvalue weighted by Crippen LogP contribution is 2.22. The van der Waals surface area contributed by atoms with Crippen LogP contribution in [-0.2, 0) is 13.0 Å². The van der Waals surface area contributed by atoms with Crippen LogP contribution in [0.3, 0.4) is 0 Å². The molecule has 0 aliphatic carbocycles. The van der Waals surface area contributed by atoms with E-state index >= 15 is 0 Å². The number of ether oxygens (including phenoxy) is 1. The summed E-state index contributed by atoms with van der Waals surface area (Å²) in [6.45, 7) is 1.17. The summed E-state index contributed by atoms with van der Waals surface area (Å²) in [5.41, 5.74) is 5.19. The molecule has 0 atom stereocenters. The minimum Gasteiger partial charge on any atom is -0.497 e. The molecule has 0 aromatic heterocycles. The molecule has 0 spiro atoms. The second kappa shape index (κ2) is 12.5. The first kappa shape index (κ1) is 25.7. The summed E-state index contributed by atoms with van der Waals surface area (Å²) < 4.78 is 5.24. The zero-order valence-corrected chi connectivity index (χ0v) is 21.0. The van der Waals surface area contributed by atoms with Crippen molar-refractivity contribution in [1.29, 1.82) is 0 Å². The lowest BCUT2D eigenvalue weighted by molar-refractivity contribution is 0.0695. The third-order valence-corrected chi connectivity index (χ3v) is 6.40. The number of aromatic carboxylic acids is 1. The number of aryl methyl sites for hydroxylation is 1. The number of rotatable bonds is 11. The van der Waals surface area contributed by atoms with E-state index in [1.807, 2.05) is 71.6 Å². The summed E-state index contributed by atoms with van der Waals surface area (Å²) >= 11 is 0. The first-order valence-corrected chi connectivity index (χ1v) is 12.4. The number of carboxylic acids is 1. The van der Waals surface area contributed by atoms with Gasteiger partial charge in [0, 0.05) is 18.7 Å². The Morgan fingerprint density at radius 1 is 0.703 bits per heavy atom. The van der Waals surface area contributed by atoms with Crippen LogP contribution >= 0.6 is 0 Å². The van der Waals surface area contributed by atoms with Gasteiger partial charge in [0.05, 0.1) is 12.7 Å². The van der Waals surface area contributed by atoms with E-state index < -0.39 is 5.97 Å². The highest BCUT2D eigenvalue weighted by atomic mass is 16.5. The fourth-order valence-corrected chi connectivity index (χ4v) is 4.27. The molecule has 5 nitrogen and oxygen atoms in total. The highest BCUT2D eigenvalue weighted by Gasteiger charge is 2.16. The summed E-state index contributed by atoms with van der Waals surface area (Å²) in [6.07, 6.45) is 2.90. The predicted molar refractivity (Wildman–Crippen MR) is 146 cm³/mol. The Morgan fingerprint density at radius 3 is 1.89 bits per heavy atom. The minimum absolute atomic E-state index is 0.00398. The van der Waals surface area contributed by atoms with E-state index in [0.717, 1.165) is 41.7 Å². The lowest BCUT2D eigenvalue weighted by Crippen LogP contribution is -2.31. The Labute approximate surface area is 218 Å². The van der Waals surface area contributed by atoms with Crippen molar-refractivity contribution in [3.05, 3.63) is 125 Å². The Kier molecular flexibility index (Phi) is 8.71. The van der Waals surface area contributed by atoms with E-state index in [9.17, 15) is 9.59 Å².